The van der Waals surface area contributed by atoms with Crippen molar-refractivity contribution in [2.75, 3.05) is 13.1 Å². The van der Waals surface area contributed by atoms with Crippen LogP contribution in [0.5, 0.6) is 0 Å². The SMILES string of the molecule is O=C=NC(c1cc(F)cc(F)c1)N1CCC1. The number of aliphatic imine (C=N–C) groups is 1. The number of isocyanates is 1. The Morgan fingerprint density at radius 2 is 1.88 bits per heavy atom. The Morgan fingerprint density at radius 3 is 2.31 bits per heavy atom. The van der Waals surface area contributed by atoms with Crippen molar-refractivity contribution >= 4 is 6.08 Å². The minimum absolute atomic E-state index is 0.348. The first-order chi connectivity index (χ1) is 7.70. The van der Waals surface area contributed by atoms with Crippen molar-refractivity contribution < 1.29 is 13.6 Å². The van der Waals surface area contributed by atoms with Crippen LogP contribution in [0.4, 0.5) is 8.78 Å². The van der Waals surface area contributed by atoms with Crippen LogP contribution in [0.25, 0.3) is 0 Å². The Kier molecular flexibility index (Phi) is 3.08. The summed E-state index contributed by atoms with van der Waals surface area (Å²) in [5.74, 6) is -1.33. The predicted octanol–water partition coefficient (Wildman–Crippen LogP) is 2.00. The van der Waals surface area contributed by atoms with E-state index in [1.54, 1.807) is 0 Å². The predicted molar refractivity (Wildman–Crippen MR) is 53.4 cm³/mol. The molecule has 2 rings (SSSR count). The highest BCUT2D eigenvalue weighted by Gasteiger charge is 2.25. The molecule has 1 aliphatic rings. The molecule has 16 heavy (non-hydrogen) atoms. The number of hydrogen-bond donors (Lipinski definition) is 0. The van der Waals surface area contributed by atoms with Gasteiger partial charge in [0.15, 0.2) is 0 Å². The van der Waals surface area contributed by atoms with Gasteiger partial charge < -0.3 is 0 Å². The van der Waals surface area contributed by atoms with Crippen molar-refractivity contribution in [3.8, 4) is 0 Å². The van der Waals surface area contributed by atoms with E-state index in [9.17, 15) is 13.6 Å². The van der Waals surface area contributed by atoms with E-state index >= 15 is 0 Å². The molecule has 0 N–H and O–H groups in total. The van der Waals surface area contributed by atoms with Crippen molar-refractivity contribution in [3.63, 3.8) is 0 Å². The highest BCUT2D eigenvalue weighted by Crippen LogP contribution is 2.27. The Hall–Kier alpha value is -1.58. The fraction of sp³-hybridized carbons (Fsp3) is 0.364. The minimum Gasteiger partial charge on any atom is -0.277 e. The zero-order valence-corrected chi connectivity index (χ0v) is 8.49. The van der Waals surface area contributed by atoms with Crippen molar-refractivity contribution in [1.29, 1.82) is 0 Å². The zero-order valence-electron chi connectivity index (χ0n) is 8.49. The quantitative estimate of drug-likeness (QED) is 0.581. The smallest absolute Gasteiger partial charge is 0.236 e. The molecule has 3 nitrogen and oxygen atoms in total. The maximum atomic E-state index is 13.0. The molecule has 0 saturated carbocycles. The lowest BCUT2D eigenvalue weighted by molar-refractivity contribution is 0.122. The summed E-state index contributed by atoms with van der Waals surface area (Å²) in [5, 5.41) is 0. The van der Waals surface area contributed by atoms with Crippen LogP contribution in [0, 0.1) is 11.6 Å². The molecule has 0 bridgehead atoms. The van der Waals surface area contributed by atoms with E-state index in [0.717, 1.165) is 25.6 Å². The minimum atomic E-state index is -0.665. The standard InChI is InChI=1S/C11H10F2N2O/c12-9-4-8(5-10(13)6-9)11(14-7-16)15-2-1-3-15/h4-6,11H,1-3H2. The normalized spacial score (nSPS) is 17.4. The van der Waals surface area contributed by atoms with Crippen molar-refractivity contribution in [2.45, 2.75) is 12.6 Å². The molecule has 0 spiro atoms. The summed E-state index contributed by atoms with van der Waals surface area (Å²) in [4.78, 5) is 15.7. The third-order valence-corrected chi connectivity index (χ3v) is 2.59. The fourth-order valence-electron chi connectivity index (χ4n) is 1.73. The van der Waals surface area contributed by atoms with Gasteiger partial charge in [0.2, 0.25) is 6.08 Å². The maximum absolute atomic E-state index is 13.0. The third-order valence-electron chi connectivity index (χ3n) is 2.59. The molecule has 1 saturated heterocycles. The summed E-state index contributed by atoms with van der Waals surface area (Å²) in [7, 11) is 0. The Balaban J connectivity index is 2.33. The van der Waals surface area contributed by atoms with Gasteiger partial charge in [0.1, 0.15) is 17.8 Å². The largest absolute Gasteiger partial charge is 0.277 e. The molecule has 0 aromatic heterocycles. The first kappa shape index (κ1) is 10.9. The lowest BCUT2D eigenvalue weighted by Crippen LogP contribution is -2.39. The third kappa shape index (κ3) is 2.15. The molecular weight excluding hydrogens is 214 g/mol. The fourth-order valence-corrected chi connectivity index (χ4v) is 1.73. The molecule has 0 radical (unpaired) electrons. The zero-order chi connectivity index (χ0) is 11.5. The second kappa shape index (κ2) is 4.51. The van der Waals surface area contributed by atoms with Crippen LogP contribution < -0.4 is 0 Å². The van der Waals surface area contributed by atoms with Crippen molar-refractivity contribution in [1.82, 2.24) is 4.90 Å². The van der Waals surface area contributed by atoms with Gasteiger partial charge in [0.25, 0.3) is 0 Å². The lowest BCUT2D eigenvalue weighted by atomic mass is 10.1. The lowest BCUT2D eigenvalue weighted by Gasteiger charge is -2.35. The van der Waals surface area contributed by atoms with E-state index in [0.29, 0.717) is 5.56 Å². The van der Waals surface area contributed by atoms with E-state index in [2.05, 4.69) is 4.99 Å². The Labute approximate surface area is 91.4 Å². The molecule has 1 aliphatic heterocycles. The van der Waals surface area contributed by atoms with Crippen molar-refractivity contribution in [2.24, 2.45) is 4.99 Å². The molecule has 1 fully saturated rings. The highest BCUT2D eigenvalue weighted by atomic mass is 19.1. The second-order valence-corrected chi connectivity index (χ2v) is 3.69. The second-order valence-electron chi connectivity index (χ2n) is 3.69. The van der Waals surface area contributed by atoms with Crippen LogP contribution >= 0.6 is 0 Å². The summed E-state index contributed by atoms with van der Waals surface area (Å²) >= 11 is 0. The van der Waals surface area contributed by atoms with Gasteiger partial charge in [-0.1, -0.05) is 0 Å². The number of benzene rings is 1. The number of rotatable bonds is 3. The van der Waals surface area contributed by atoms with E-state index in [1.807, 2.05) is 4.90 Å². The van der Waals surface area contributed by atoms with Crippen LogP contribution in [0.2, 0.25) is 0 Å². The monoisotopic (exact) mass is 224 g/mol. The summed E-state index contributed by atoms with van der Waals surface area (Å²) in [5.41, 5.74) is 0.348. The number of halogens is 2. The topological polar surface area (TPSA) is 32.7 Å². The summed E-state index contributed by atoms with van der Waals surface area (Å²) in [6, 6.07) is 3.17. The molecule has 1 aromatic rings. The molecule has 0 amide bonds. The first-order valence-electron chi connectivity index (χ1n) is 4.98. The molecule has 5 heteroatoms. The van der Waals surface area contributed by atoms with Crippen LogP contribution in [0.15, 0.2) is 23.2 Å². The Morgan fingerprint density at radius 1 is 1.25 bits per heavy atom. The number of carbonyl (C=O) groups excluding carboxylic acids is 1. The van der Waals surface area contributed by atoms with Crippen LogP contribution in [-0.4, -0.2) is 24.1 Å². The Bertz CT molecular complexity index is 419. The van der Waals surface area contributed by atoms with Gasteiger partial charge in [-0.2, -0.15) is 4.99 Å². The van der Waals surface area contributed by atoms with Gasteiger partial charge in [-0.3, -0.25) is 4.90 Å². The number of likely N-dealkylation sites (tertiary alicyclic amines) is 1. The number of nitrogens with zero attached hydrogens (tertiary/aromatic N) is 2. The van der Waals surface area contributed by atoms with E-state index < -0.39 is 17.8 Å². The van der Waals surface area contributed by atoms with Crippen LogP contribution in [0.1, 0.15) is 18.2 Å². The molecule has 1 atom stereocenters. The number of hydrogen-bond acceptors (Lipinski definition) is 3. The molecule has 1 aromatic carbocycles. The van der Waals surface area contributed by atoms with Crippen LogP contribution in [0.3, 0.4) is 0 Å². The summed E-state index contributed by atoms with van der Waals surface area (Å²) in [6.45, 7) is 1.54. The van der Waals surface area contributed by atoms with E-state index in [-0.39, 0.29) is 0 Å². The molecule has 84 valence electrons. The average Bonchev–Trinajstić information content (AvgIpc) is 2.12. The van der Waals surface area contributed by atoms with Crippen molar-refractivity contribution in [3.05, 3.63) is 35.4 Å². The average molecular weight is 224 g/mol. The van der Waals surface area contributed by atoms with E-state index in [1.165, 1.54) is 18.2 Å². The molecule has 1 heterocycles. The highest BCUT2D eigenvalue weighted by molar-refractivity contribution is 5.35. The molecule has 0 aliphatic carbocycles. The van der Waals surface area contributed by atoms with Crippen LogP contribution in [-0.2, 0) is 4.79 Å². The van der Waals surface area contributed by atoms with E-state index in [4.69, 9.17) is 0 Å². The summed E-state index contributed by atoms with van der Waals surface area (Å²) < 4.78 is 26.0. The summed E-state index contributed by atoms with van der Waals surface area (Å²) in [6.07, 6.45) is 1.83. The van der Waals surface area contributed by atoms with Gasteiger partial charge in [-0.05, 0) is 24.1 Å². The molecule has 1 unspecified atom stereocenters. The van der Waals surface area contributed by atoms with Gasteiger partial charge in [-0.25, -0.2) is 13.6 Å². The molecular formula is C11H10F2N2O. The van der Waals surface area contributed by atoms with Gasteiger partial charge >= 0.3 is 0 Å². The van der Waals surface area contributed by atoms with Gasteiger partial charge in [0.05, 0.1) is 0 Å². The van der Waals surface area contributed by atoms with Gasteiger partial charge in [-0.15, -0.1) is 0 Å². The maximum Gasteiger partial charge on any atom is 0.236 e. The van der Waals surface area contributed by atoms with Gasteiger partial charge in [0, 0.05) is 19.2 Å². The first-order valence-corrected chi connectivity index (χ1v) is 4.98.